The van der Waals surface area contributed by atoms with Crippen LogP contribution in [-0.2, 0) is 22.6 Å². The summed E-state index contributed by atoms with van der Waals surface area (Å²) >= 11 is 0. The van der Waals surface area contributed by atoms with Gasteiger partial charge >= 0.3 is 0 Å². The summed E-state index contributed by atoms with van der Waals surface area (Å²) in [6, 6.07) is 14.4. The van der Waals surface area contributed by atoms with Gasteiger partial charge in [-0.3, -0.25) is 14.7 Å². The number of methoxy groups -OCH3 is 1. The molecule has 0 aliphatic carbocycles. The van der Waals surface area contributed by atoms with Gasteiger partial charge in [-0.2, -0.15) is 0 Å². The van der Waals surface area contributed by atoms with Crippen LogP contribution in [0.25, 0.3) is 0 Å². The summed E-state index contributed by atoms with van der Waals surface area (Å²) in [5.41, 5.74) is 2.33. The van der Waals surface area contributed by atoms with Crippen LogP contribution in [-0.4, -0.2) is 42.1 Å². The van der Waals surface area contributed by atoms with E-state index in [-0.39, 0.29) is 17.9 Å². The van der Waals surface area contributed by atoms with Gasteiger partial charge < -0.3 is 10.1 Å². The number of benzene rings is 1. The van der Waals surface area contributed by atoms with Gasteiger partial charge in [0.05, 0.1) is 12.5 Å². The van der Waals surface area contributed by atoms with Gasteiger partial charge in [0.15, 0.2) is 0 Å². The maximum Gasteiger partial charge on any atom is 0.225 e. The highest BCUT2D eigenvalue weighted by atomic mass is 16.5. The monoisotopic (exact) mass is 353 g/mol. The van der Waals surface area contributed by atoms with E-state index in [9.17, 15) is 4.79 Å². The number of carbonyl (C=O) groups is 1. The molecule has 1 aromatic carbocycles. The average molecular weight is 353 g/mol. The lowest BCUT2D eigenvalue weighted by atomic mass is 9.88. The number of likely N-dealkylation sites (tertiary alicyclic amines) is 1. The molecule has 5 heteroatoms. The summed E-state index contributed by atoms with van der Waals surface area (Å²) in [6.45, 7) is 2.95. The number of amides is 1. The number of ether oxygens (including phenoxy) is 1. The summed E-state index contributed by atoms with van der Waals surface area (Å²) in [4.78, 5) is 19.2. The van der Waals surface area contributed by atoms with E-state index < -0.39 is 0 Å². The highest BCUT2D eigenvalue weighted by Crippen LogP contribution is 2.26. The fraction of sp³-hybridized carbons (Fsp3) is 0.429. The second kappa shape index (κ2) is 9.46. The molecule has 2 atom stereocenters. The first-order valence-electron chi connectivity index (χ1n) is 9.21. The predicted octanol–water partition coefficient (Wildman–Crippen LogP) is 2.62. The number of piperidine rings is 1. The molecule has 1 saturated heterocycles. The zero-order chi connectivity index (χ0) is 18.2. The van der Waals surface area contributed by atoms with E-state index in [1.54, 1.807) is 19.5 Å². The topological polar surface area (TPSA) is 54.5 Å². The van der Waals surface area contributed by atoms with E-state index in [1.807, 2.05) is 18.2 Å². The highest BCUT2D eigenvalue weighted by Gasteiger charge is 2.35. The number of nitrogens with zero attached hydrogens (tertiary/aromatic N) is 2. The van der Waals surface area contributed by atoms with Gasteiger partial charge in [0.1, 0.15) is 0 Å². The molecule has 2 heterocycles. The second-order valence-corrected chi connectivity index (χ2v) is 6.80. The molecule has 1 aliphatic heterocycles. The van der Waals surface area contributed by atoms with Crippen molar-refractivity contribution in [3.8, 4) is 0 Å². The largest absolute Gasteiger partial charge is 0.383 e. The Morgan fingerprint density at radius 2 is 1.96 bits per heavy atom. The van der Waals surface area contributed by atoms with Crippen molar-refractivity contribution in [1.29, 1.82) is 0 Å². The van der Waals surface area contributed by atoms with Gasteiger partial charge in [-0.1, -0.05) is 30.3 Å². The van der Waals surface area contributed by atoms with Crippen LogP contribution in [0, 0.1) is 5.92 Å². The van der Waals surface area contributed by atoms with Crippen LogP contribution in [0.15, 0.2) is 54.9 Å². The molecule has 138 valence electrons. The molecule has 3 rings (SSSR count). The molecule has 0 unspecified atom stereocenters. The lowest BCUT2D eigenvalue weighted by Crippen LogP contribution is -2.52. The van der Waals surface area contributed by atoms with Gasteiger partial charge in [0, 0.05) is 38.6 Å². The standard InChI is InChI=1S/C21H27N3O2/c1-26-16-20-19(21(25)23-14-17-9-11-22-12-10-17)8-5-13-24(20)15-18-6-3-2-4-7-18/h2-4,6-7,9-12,19-20H,5,8,13-16H2,1H3,(H,23,25)/t19-,20-/m1/s1. The third-order valence-corrected chi connectivity index (χ3v) is 5.01. The molecule has 1 fully saturated rings. The molecule has 0 bridgehead atoms. The van der Waals surface area contributed by atoms with Crippen molar-refractivity contribution >= 4 is 5.91 Å². The lowest BCUT2D eigenvalue weighted by Gasteiger charge is -2.40. The molecule has 0 spiro atoms. The van der Waals surface area contributed by atoms with Crippen molar-refractivity contribution in [3.63, 3.8) is 0 Å². The number of hydrogen-bond acceptors (Lipinski definition) is 4. The molecular weight excluding hydrogens is 326 g/mol. The lowest BCUT2D eigenvalue weighted by molar-refractivity contribution is -0.130. The van der Waals surface area contributed by atoms with E-state index in [0.29, 0.717) is 13.2 Å². The Morgan fingerprint density at radius 1 is 1.19 bits per heavy atom. The summed E-state index contributed by atoms with van der Waals surface area (Å²) < 4.78 is 5.46. The number of nitrogens with one attached hydrogen (secondary N) is 1. The van der Waals surface area contributed by atoms with Crippen LogP contribution in [0.4, 0.5) is 0 Å². The molecule has 5 nitrogen and oxygen atoms in total. The number of carbonyl (C=O) groups excluding carboxylic acids is 1. The zero-order valence-corrected chi connectivity index (χ0v) is 15.3. The van der Waals surface area contributed by atoms with Gasteiger partial charge in [0.25, 0.3) is 0 Å². The number of aromatic nitrogens is 1. The first kappa shape index (κ1) is 18.5. The van der Waals surface area contributed by atoms with Crippen LogP contribution < -0.4 is 5.32 Å². The average Bonchev–Trinajstić information content (AvgIpc) is 2.69. The van der Waals surface area contributed by atoms with Crippen molar-refractivity contribution in [2.75, 3.05) is 20.3 Å². The summed E-state index contributed by atoms with van der Waals surface area (Å²) in [5.74, 6) is 0.0656. The fourth-order valence-electron chi connectivity index (χ4n) is 3.66. The van der Waals surface area contributed by atoms with E-state index in [0.717, 1.165) is 31.5 Å². The summed E-state index contributed by atoms with van der Waals surface area (Å²) in [5, 5.41) is 3.09. The normalized spacial score (nSPS) is 20.7. The van der Waals surface area contributed by atoms with Gasteiger partial charge in [-0.25, -0.2) is 0 Å². The molecule has 0 radical (unpaired) electrons. The zero-order valence-electron chi connectivity index (χ0n) is 15.3. The van der Waals surface area contributed by atoms with Crippen molar-refractivity contribution in [2.45, 2.75) is 32.0 Å². The van der Waals surface area contributed by atoms with Crippen LogP contribution in [0.1, 0.15) is 24.0 Å². The molecule has 0 saturated carbocycles. The molecular formula is C21H27N3O2. The molecule has 1 aromatic heterocycles. The minimum atomic E-state index is -0.0470. The predicted molar refractivity (Wildman–Crippen MR) is 101 cm³/mol. The first-order valence-corrected chi connectivity index (χ1v) is 9.21. The highest BCUT2D eigenvalue weighted by molar-refractivity contribution is 5.79. The maximum atomic E-state index is 12.8. The van der Waals surface area contributed by atoms with Crippen molar-refractivity contribution in [2.24, 2.45) is 5.92 Å². The third kappa shape index (κ3) is 4.90. The Bertz CT molecular complexity index is 678. The van der Waals surface area contributed by atoms with E-state index in [2.05, 4.69) is 39.5 Å². The van der Waals surface area contributed by atoms with Gasteiger partial charge in [0.2, 0.25) is 5.91 Å². The smallest absolute Gasteiger partial charge is 0.225 e. The van der Waals surface area contributed by atoms with Crippen molar-refractivity contribution in [3.05, 3.63) is 66.0 Å². The van der Waals surface area contributed by atoms with E-state index in [1.165, 1.54) is 5.56 Å². The molecule has 1 N–H and O–H groups in total. The van der Waals surface area contributed by atoms with Crippen LogP contribution in [0.2, 0.25) is 0 Å². The van der Waals surface area contributed by atoms with Gasteiger partial charge in [-0.05, 0) is 42.6 Å². The SMILES string of the molecule is COC[C@@H]1[C@H](C(=O)NCc2ccncc2)CCCN1Cc1ccccc1. The second-order valence-electron chi connectivity index (χ2n) is 6.80. The Hall–Kier alpha value is -2.24. The quantitative estimate of drug-likeness (QED) is 0.831. The molecule has 2 aromatic rings. The summed E-state index contributed by atoms with van der Waals surface area (Å²) in [7, 11) is 1.71. The van der Waals surface area contributed by atoms with E-state index in [4.69, 9.17) is 4.74 Å². The third-order valence-electron chi connectivity index (χ3n) is 5.01. The van der Waals surface area contributed by atoms with E-state index >= 15 is 0 Å². The Morgan fingerprint density at radius 3 is 2.69 bits per heavy atom. The number of hydrogen-bond donors (Lipinski definition) is 1. The minimum absolute atomic E-state index is 0.0470. The fourth-order valence-corrected chi connectivity index (χ4v) is 3.66. The van der Waals surface area contributed by atoms with Crippen molar-refractivity contribution < 1.29 is 9.53 Å². The van der Waals surface area contributed by atoms with Crippen LogP contribution >= 0.6 is 0 Å². The first-order chi connectivity index (χ1) is 12.8. The van der Waals surface area contributed by atoms with Crippen LogP contribution in [0.5, 0.6) is 0 Å². The number of rotatable bonds is 7. The Balaban J connectivity index is 1.65. The molecule has 26 heavy (non-hydrogen) atoms. The Kier molecular flexibility index (Phi) is 6.75. The Labute approximate surface area is 155 Å². The maximum absolute atomic E-state index is 12.8. The van der Waals surface area contributed by atoms with Crippen LogP contribution in [0.3, 0.4) is 0 Å². The minimum Gasteiger partial charge on any atom is -0.383 e. The van der Waals surface area contributed by atoms with Gasteiger partial charge in [-0.15, -0.1) is 0 Å². The van der Waals surface area contributed by atoms with Crippen molar-refractivity contribution in [1.82, 2.24) is 15.2 Å². The molecule has 1 amide bonds. The molecule has 1 aliphatic rings. The summed E-state index contributed by atoms with van der Waals surface area (Å²) in [6.07, 6.45) is 5.43. The number of pyridine rings is 1.